The Morgan fingerprint density at radius 3 is 2.37 bits per heavy atom. The lowest BCUT2D eigenvalue weighted by molar-refractivity contribution is 0.306. The van der Waals surface area contributed by atoms with Gasteiger partial charge in [0.25, 0.3) is 0 Å². The second-order valence-corrected chi connectivity index (χ2v) is 6.03. The Morgan fingerprint density at radius 2 is 1.70 bits per heavy atom. The number of hydrogen-bond donors (Lipinski definition) is 3. The molecule has 0 radical (unpaired) electrons. The lowest BCUT2D eigenvalue weighted by Crippen LogP contribution is -2.32. The summed E-state index contributed by atoms with van der Waals surface area (Å²) in [6, 6.07) is 21.5. The van der Waals surface area contributed by atoms with Crippen LogP contribution in [0.5, 0.6) is 5.75 Å². The second-order valence-electron chi connectivity index (χ2n) is 6.03. The largest absolute Gasteiger partial charge is 0.489 e. The lowest BCUT2D eigenvalue weighted by atomic mass is 10.1. The number of allylic oxidation sites excluding steroid dienone is 1. The highest BCUT2D eigenvalue weighted by atomic mass is 16.5. The molecule has 1 aromatic heterocycles. The third-order valence-electron chi connectivity index (χ3n) is 4.13. The molecule has 6 nitrogen and oxygen atoms in total. The topological polar surface area (TPSA) is 103 Å². The normalized spacial score (nSPS) is 11.2. The fraction of sp³-hybridized carbons (Fsp3) is 0.0952. The third-order valence-corrected chi connectivity index (χ3v) is 4.13. The molecule has 0 amide bonds. The van der Waals surface area contributed by atoms with E-state index < -0.39 is 0 Å². The molecule has 6 heteroatoms. The maximum absolute atomic E-state index is 6.18. The van der Waals surface area contributed by atoms with Gasteiger partial charge in [-0.1, -0.05) is 42.5 Å². The van der Waals surface area contributed by atoms with E-state index in [0.717, 1.165) is 16.9 Å². The van der Waals surface area contributed by atoms with E-state index in [1.165, 1.54) is 11.2 Å². The minimum Gasteiger partial charge on any atom is -0.489 e. The van der Waals surface area contributed by atoms with Gasteiger partial charge in [-0.3, -0.25) is 5.01 Å². The first-order chi connectivity index (χ1) is 13.2. The number of rotatable bonds is 7. The highest BCUT2D eigenvalue weighted by Gasteiger charge is 2.12. The van der Waals surface area contributed by atoms with Gasteiger partial charge in [0.2, 0.25) is 0 Å². The molecule has 3 rings (SSSR count). The van der Waals surface area contributed by atoms with E-state index in [0.29, 0.717) is 30.2 Å². The van der Waals surface area contributed by atoms with Crippen molar-refractivity contribution in [3.05, 3.63) is 96.0 Å². The van der Waals surface area contributed by atoms with Gasteiger partial charge < -0.3 is 16.2 Å². The molecule has 0 aliphatic carbocycles. The molecular weight excluding hydrogens is 338 g/mol. The Balaban J connectivity index is 1.63. The van der Waals surface area contributed by atoms with Crippen molar-refractivity contribution >= 4 is 11.5 Å². The summed E-state index contributed by atoms with van der Waals surface area (Å²) in [4.78, 5) is 4.05. The van der Waals surface area contributed by atoms with Crippen molar-refractivity contribution in [1.82, 2.24) is 4.98 Å². The Kier molecular flexibility index (Phi) is 5.91. The van der Waals surface area contributed by atoms with Gasteiger partial charge in [0, 0.05) is 18.8 Å². The van der Waals surface area contributed by atoms with Crippen LogP contribution in [0.4, 0.5) is 11.5 Å². The van der Waals surface area contributed by atoms with Gasteiger partial charge in [0.15, 0.2) is 0 Å². The third kappa shape index (κ3) is 4.77. The predicted octanol–water partition coefficient (Wildman–Crippen LogP) is 2.97. The Labute approximate surface area is 158 Å². The summed E-state index contributed by atoms with van der Waals surface area (Å²) in [5, 5.41) is 1.46. The number of aromatic nitrogens is 1. The molecule has 0 bridgehead atoms. The Bertz CT molecular complexity index is 894. The molecule has 27 heavy (non-hydrogen) atoms. The van der Waals surface area contributed by atoms with Crippen molar-refractivity contribution in [1.29, 1.82) is 0 Å². The molecule has 2 aromatic carbocycles. The highest BCUT2D eigenvalue weighted by Crippen LogP contribution is 2.23. The maximum Gasteiger partial charge on any atom is 0.148 e. The van der Waals surface area contributed by atoms with E-state index in [-0.39, 0.29) is 0 Å². The van der Waals surface area contributed by atoms with E-state index in [2.05, 4.69) is 4.98 Å². The summed E-state index contributed by atoms with van der Waals surface area (Å²) in [5.41, 5.74) is 15.2. The number of hydrazine groups is 1. The average molecular weight is 361 g/mol. The molecule has 0 saturated heterocycles. The van der Waals surface area contributed by atoms with Crippen LogP contribution in [0.3, 0.4) is 0 Å². The van der Waals surface area contributed by atoms with Crippen LogP contribution in [0, 0.1) is 0 Å². The van der Waals surface area contributed by atoms with E-state index >= 15 is 0 Å². The number of pyridine rings is 1. The molecule has 0 aliphatic heterocycles. The van der Waals surface area contributed by atoms with Crippen molar-refractivity contribution in [3.63, 3.8) is 0 Å². The molecular formula is C21H23N5O. The summed E-state index contributed by atoms with van der Waals surface area (Å²) in [5.74, 6) is 7.34. The fourth-order valence-corrected chi connectivity index (χ4v) is 2.65. The minimum atomic E-state index is 0.351. The van der Waals surface area contributed by atoms with E-state index in [4.69, 9.17) is 22.0 Å². The highest BCUT2D eigenvalue weighted by molar-refractivity contribution is 5.65. The van der Waals surface area contributed by atoms with Crippen LogP contribution in [0.1, 0.15) is 11.1 Å². The summed E-state index contributed by atoms with van der Waals surface area (Å²) >= 11 is 0. The number of hydrogen-bond acceptors (Lipinski definition) is 6. The van der Waals surface area contributed by atoms with Gasteiger partial charge in [0.05, 0.1) is 11.4 Å². The van der Waals surface area contributed by atoms with Gasteiger partial charge in [-0.25, -0.2) is 10.8 Å². The van der Waals surface area contributed by atoms with Crippen LogP contribution in [0.15, 0.2) is 84.8 Å². The van der Waals surface area contributed by atoms with E-state index in [9.17, 15) is 0 Å². The zero-order valence-electron chi connectivity index (χ0n) is 15.0. The molecule has 0 fully saturated rings. The molecule has 138 valence electrons. The van der Waals surface area contributed by atoms with Crippen molar-refractivity contribution in [2.75, 3.05) is 10.7 Å². The average Bonchev–Trinajstić information content (AvgIpc) is 2.72. The van der Waals surface area contributed by atoms with Gasteiger partial charge in [-0.2, -0.15) is 0 Å². The van der Waals surface area contributed by atoms with Crippen LogP contribution >= 0.6 is 0 Å². The quantitative estimate of drug-likeness (QED) is 0.441. The number of nitrogens with two attached hydrogens (primary N) is 3. The van der Waals surface area contributed by atoms with Crippen molar-refractivity contribution in [3.8, 4) is 5.75 Å². The molecule has 0 atom stereocenters. The van der Waals surface area contributed by atoms with Crippen LogP contribution < -0.4 is 27.1 Å². The van der Waals surface area contributed by atoms with Crippen molar-refractivity contribution in [2.24, 2.45) is 11.6 Å². The van der Waals surface area contributed by atoms with Crippen LogP contribution in [-0.2, 0) is 13.0 Å². The molecule has 6 N–H and O–H groups in total. The zero-order chi connectivity index (χ0) is 19.1. The lowest BCUT2D eigenvalue weighted by Gasteiger charge is -2.22. The summed E-state index contributed by atoms with van der Waals surface area (Å²) in [7, 11) is 0. The first-order valence-corrected chi connectivity index (χ1v) is 8.59. The van der Waals surface area contributed by atoms with E-state index in [1.54, 1.807) is 18.3 Å². The fourth-order valence-electron chi connectivity index (χ4n) is 2.65. The monoisotopic (exact) mass is 361 g/mol. The van der Waals surface area contributed by atoms with Crippen LogP contribution in [0.2, 0.25) is 0 Å². The van der Waals surface area contributed by atoms with Gasteiger partial charge in [-0.05, 0) is 35.4 Å². The summed E-state index contributed by atoms with van der Waals surface area (Å²) < 4.78 is 5.81. The molecule has 0 aliphatic rings. The second kappa shape index (κ2) is 8.73. The number of ether oxygens (including phenoxy) is 1. The predicted molar refractivity (Wildman–Crippen MR) is 109 cm³/mol. The number of nitrogen functional groups attached to an aromatic ring is 1. The SMILES string of the molecule is N/C=C(/Cc1ccc(OCc2ccccc2)cc1)N(N)c1cccnc1N. The van der Waals surface area contributed by atoms with Crippen molar-refractivity contribution in [2.45, 2.75) is 13.0 Å². The molecule has 1 heterocycles. The minimum absolute atomic E-state index is 0.351. The zero-order valence-corrected chi connectivity index (χ0v) is 15.0. The Morgan fingerprint density at radius 1 is 0.963 bits per heavy atom. The van der Waals surface area contributed by atoms with Gasteiger partial charge >= 0.3 is 0 Å². The summed E-state index contributed by atoms with van der Waals surface area (Å²) in [6.07, 6.45) is 3.65. The first-order valence-electron chi connectivity index (χ1n) is 8.59. The van der Waals surface area contributed by atoms with Gasteiger partial charge in [-0.15, -0.1) is 0 Å². The number of nitrogens with zero attached hydrogens (tertiary/aromatic N) is 2. The van der Waals surface area contributed by atoms with Gasteiger partial charge in [0.1, 0.15) is 18.2 Å². The molecule has 3 aromatic rings. The molecule has 0 unspecified atom stereocenters. The van der Waals surface area contributed by atoms with Crippen LogP contribution in [-0.4, -0.2) is 4.98 Å². The number of anilines is 2. The standard InChI is InChI=1S/C21H23N5O/c22-14-18(26(24)20-7-4-12-25-21(20)23)13-16-8-10-19(11-9-16)27-15-17-5-2-1-3-6-17/h1-12,14H,13,15,22,24H2,(H2,23,25)/b18-14-. The maximum atomic E-state index is 6.18. The molecule has 0 spiro atoms. The van der Waals surface area contributed by atoms with Crippen molar-refractivity contribution < 1.29 is 4.74 Å². The Hall–Kier alpha value is -3.51. The van der Waals surface area contributed by atoms with Crippen LogP contribution in [0.25, 0.3) is 0 Å². The smallest absolute Gasteiger partial charge is 0.148 e. The first kappa shape index (κ1) is 18.3. The summed E-state index contributed by atoms with van der Waals surface area (Å²) in [6.45, 7) is 0.533. The molecule has 0 saturated carbocycles. The van der Waals surface area contributed by atoms with E-state index in [1.807, 2.05) is 54.6 Å². The number of benzene rings is 2.